The van der Waals surface area contributed by atoms with Gasteiger partial charge in [-0.15, -0.1) is 0 Å². The summed E-state index contributed by atoms with van der Waals surface area (Å²) in [5.41, 5.74) is 0. The normalized spacial score (nSPS) is 11.8. The molecule has 0 rings (SSSR count). The van der Waals surface area contributed by atoms with Crippen LogP contribution in [0.2, 0.25) is 0 Å². The lowest BCUT2D eigenvalue weighted by Crippen LogP contribution is -2.45. The van der Waals surface area contributed by atoms with Crippen molar-refractivity contribution in [2.24, 2.45) is 0 Å². The minimum Gasteiger partial charge on any atom is -0.462 e. The molecule has 3 heteroatoms. The van der Waals surface area contributed by atoms with Crippen molar-refractivity contribution in [2.45, 2.75) is 219 Å². The fraction of sp³-hybridized carbons (Fsp3) is 0.975. The Morgan fingerprint density at radius 2 is 0.651 bits per heavy atom. The molecular formula is C40H82NO2+. The Bertz CT molecular complexity index is 547. The molecule has 0 radical (unpaired) electrons. The van der Waals surface area contributed by atoms with Gasteiger partial charge >= 0.3 is 5.97 Å². The smallest absolute Gasteiger partial charge is 0.361 e. The van der Waals surface area contributed by atoms with E-state index in [0.29, 0.717) is 13.2 Å². The highest BCUT2D eigenvalue weighted by Gasteiger charge is 2.20. The molecule has 0 atom stereocenters. The van der Waals surface area contributed by atoms with E-state index in [4.69, 9.17) is 4.74 Å². The van der Waals surface area contributed by atoms with Crippen LogP contribution in [0, 0.1) is 0 Å². The number of carbonyl (C=O) groups is 1. The molecule has 0 aliphatic heterocycles. The number of esters is 1. The number of carbonyl (C=O) groups excluding carboxylic acids is 1. The highest BCUT2D eigenvalue weighted by molar-refractivity contribution is 5.70. The van der Waals surface area contributed by atoms with Crippen LogP contribution in [0.25, 0.3) is 0 Å². The molecule has 0 fully saturated rings. The van der Waals surface area contributed by atoms with E-state index in [0.717, 1.165) is 17.4 Å². The van der Waals surface area contributed by atoms with E-state index in [2.05, 4.69) is 27.9 Å². The molecule has 0 heterocycles. The van der Waals surface area contributed by atoms with Crippen molar-refractivity contribution >= 4 is 5.97 Å². The van der Waals surface area contributed by atoms with Gasteiger partial charge in [-0.05, 0) is 19.3 Å². The molecular weight excluding hydrogens is 526 g/mol. The summed E-state index contributed by atoms with van der Waals surface area (Å²) < 4.78 is 6.34. The first kappa shape index (κ1) is 42.4. The Morgan fingerprint density at radius 3 is 0.953 bits per heavy atom. The van der Waals surface area contributed by atoms with Gasteiger partial charge in [0.25, 0.3) is 0 Å². The number of unbranched alkanes of at least 4 members (excludes halogenated alkanes) is 30. The van der Waals surface area contributed by atoms with Gasteiger partial charge in [-0.1, -0.05) is 200 Å². The molecule has 43 heavy (non-hydrogen) atoms. The molecule has 0 bridgehead atoms. The van der Waals surface area contributed by atoms with Gasteiger partial charge in [0.2, 0.25) is 0 Å². The maximum absolute atomic E-state index is 12.4. The van der Waals surface area contributed by atoms with Crippen LogP contribution < -0.4 is 0 Å². The van der Waals surface area contributed by atoms with Gasteiger partial charge in [-0.3, -0.25) is 0 Å². The van der Waals surface area contributed by atoms with Crippen LogP contribution >= 0.6 is 0 Å². The summed E-state index contributed by atoms with van der Waals surface area (Å²) in [6.07, 6.45) is 44.3. The van der Waals surface area contributed by atoms with E-state index < -0.39 is 0 Å². The molecule has 0 N–H and O–H groups in total. The van der Waals surface area contributed by atoms with E-state index in [9.17, 15) is 4.79 Å². The Labute approximate surface area is 272 Å². The molecule has 0 aromatic rings. The molecule has 0 saturated heterocycles. The third-order valence-corrected chi connectivity index (χ3v) is 9.44. The average molecular weight is 609 g/mol. The van der Waals surface area contributed by atoms with Crippen LogP contribution in [0.4, 0.5) is 0 Å². The van der Waals surface area contributed by atoms with E-state index in [1.807, 2.05) is 0 Å². The average Bonchev–Trinajstić information content (AvgIpc) is 2.98. The zero-order valence-corrected chi connectivity index (χ0v) is 30.5. The number of likely N-dealkylation sites (N-methyl/N-ethyl adjacent to an activating group) is 1. The van der Waals surface area contributed by atoms with Crippen molar-refractivity contribution in [1.29, 1.82) is 0 Å². The summed E-state index contributed by atoms with van der Waals surface area (Å²) >= 11 is 0. The fourth-order valence-corrected chi connectivity index (χ4v) is 6.40. The second kappa shape index (κ2) is 34.3. The number of hydrogen-bond acceptors (Lipinski definition) is 2. The SMILES string of the molecule is CCCCCCCCCCCCCCCCCCOC(=O)C[N+](C)(C)CCCCCCCCCCCCCCCCCC. The van der Waals surface area contributed by atoms with Gasteiger partial charge in [-0.2, -0.15) is 0 Å². The third-order valence-electron chi connectivity index (χ3n) is 9.44. The second-order valence-electron chi connectivity index (χ2n) is 14.6. The molecule has 0 aliphatic carbocycles. The van der Waals surface area contributed by atoms with Crippen molar-refractivity contribution in [2.75, 3.05) is 33.8 Å². The van der Waals surface area contributed by atoms with Crippen LogP contribution in [0.15, 0.2) is 0 Å². The summed E-state index contributed by atoms with van der Waals surface area (Å²) in [5, 5.41) is 0. The maximum Gasteiger partial charge on any atom is 0.361 e. The minimum absolute atomic E-state index is 0.0116. The van der Waals surface area contributed by atoms with Gasteiger partial charge in [0, 0.05) is 0 Å². The lowest BCUT2D eigenvalue weighted by molar-refractivity contribution is -0.883. The van der Waals surface area contributed by atoms with E-state index in [1.165, 1.54) is 199 Å². The Balaban J connectivity index is 3.38. The molecule has 258 valence electrons. The van der Waals surface area contributed by atoms with Crippen molar-refractivity contribution < 1.29 is 14.0 Å². The van der Waals surface area contributed by atoms with Crippen molar-refractivity contribution in [1.82, 2.24) is 0 Å². The third kappa shape index (κ3) is 35.8. The molecule has 0 amide bonds. The first-order valence-electron chi connectivity index (χ1n) is 20.0. The number of quaternary nitrogens is 1. The largest absolute Gasteiger partial charge is 0.462 e. The molecule has 0 unspecified atom stereocenters. The summed E-state index contributed by atoms with van der Waals surface area (Å²) in [7, 11) is 4.36. The van der Waals surface area contributed by atoms with E-state index in [1.54, 1.807) is 0 Å². The van der Waals surface area contributed by atoms with Gasteiger partial charge in [-0.25, -0.2) is 4.79 Å². The first-order valence-corrected chi connectivity index (χ1v) is 20.0. The quantitative estimate of drug-likeness (QED) is 0.0402. The van der Waals surface area contributed by atoms with Crippen LogP contribution in [0.1, 0.15) is 219 Å². The summed E-state index contributed by atoms with van der Waals surface area (Å²) in [5.74, 6) is -0.0116. The number of rotatable bonds is 36. The van der Waals surface area contributed by atoms with Gasteiger partial charge < -0.3 is 9.22 Å². The van der Waals surface area contributed by atoms with Crippen molar-refractivity contribution in [3.05, 3.63) is 0 Å². The zero-order valence-electron chi connectivity index (χ0n) is 30.5. The number of ether oxygens (including phenoxy) is 1. The second-order valence-corrected chi connectivity index (χ2v) is 14.6. The van der Waals surface area contributed by atoms with Crippen molar-refractivity contribution in [3.63, 3.8) is 0 Å². The monoisotopic (exact) mass is 609 g/mol. The summed E-state index contributed by atoms with van der Waals surface area (Å²) in [6, 6.07) is 0. The Morgan fingerprint density at radius 1 is 0.395 bits per heavy atom. The number of hydrogen-bond donors (Lipinski definition) is 0. The molecule has 0 aromatic heterocycles. The first-order chi connectivity index (χ1) is 21.0. The predicted molar refractivity (Wildman–Crippen MR) is 192 cm³/mol. The molecule has 0 aromatic carbocycles. The number of nitrogens with zero attached hydrogens (tertiary/aromatic N) is 1. The molecule has 0 spiro atoms. The van der Waals surface area contributed by atoms with Crippen LogP contribution in [0.3, 0.4) is 0 Å². The van der Waals surface area contributed by atoms with E-state index >= 15 is 0 Å². The van der Waals surface area contributed by atoms with Crippen LogP contribution in [0.5, 0.6) is 0 Å². The topological polar surface area (TPSA) is 26.3 Å². The lowest BCUT2D eigenvalue weighted by atomic mass is 10.0. The highest BCUT2D eigenvalue weighted by Crippen LogP contribution is 2.16. The van der Waals surface area contributed by atoms with Crippen LogP contribution in [-0.2, 0) is 9.53 Å². The van der Waals surface area contributed by atoms with Crippen LogP contribution in [-0.4, -0.2) is 44.2 Å². The summed E-state index contributed by atoms with van der Waals surface area (Å²) in [4.78, 5) is 12.4. The molecule has 0 saturated carbocycles. The van der Waals surface area contributed by atoms with Gasteiger partial charge in [0.05, 0.1) is 27.2 Å². The molecule has 0 aliphatic rings. The standard InChI is InChI=1S/C40H82NO2/c1-5-7-9-11-13-15-17-19-21-23-25-27-29-31-33-35-37-41(3,4)39-40(42)43-38-36-34-32-30-28-26-24-22-20-18-16-14-12-10-8-6-2/h5-39H2,1-4H3/q+1. The molecule has 3 nitrogen and oxygen atoms in total. The lowest BCUT2D eigenvalue weighted by Gasteiger charge is -2.28. The highest BCUT2D eigenvalue weighted by atomic mass is 16.5. The van der Waals surface area contributed by atoms with Crippen molar-refractivity contribution in [3.8, 4) is 0 Å². The maximum atomic E-state index is 12.4. The van der Waals surface area contributed by atoms with Gasteiger partial charge in [0.1, 0.15) is 0 Å². The Kier molecular flexibility index (Phi) is 33.9. The summed E-state index contributed by atoms with van der Waals surface area (Å²) in [6.45, 7) is 6.78. The van der Waals surface area contributed by atoms with Gasteiger partial charge in [0.15, 0.2) is 6.54 Å². The van der Waals surface area contributed by atoms with E-state index in [-0.39, 0.29) is 5.97 Å². The Hall–Kier alpha value is -0.570. The minimum atomic E-state index is -0.0116. The predicted octanol–water partition coefficient (Wildman–Crippen LogP) is 13.1. The fourth-order valence-electron chi connectivity index (χ4n) is 6.40. The zero-order chi connectivity index (χ0) is 31.5.